The maximum Gasteiger partial charge on any atom is 0.294 e. The average Bonchev–Trinajstić information content (AvgIpc) is 2.96. The minimum atomic E-state index is -3.74. The number of rotatable bonds is 9. The average molecular weight is 602 g/mol. The first kappa shape index (κ1) is 30.7. The van der Waals surface area contributed by atoms with Crippen LogP contribution in [0.5, 0.6) is 0 Å². The smallest absolute Gasteiger partial charge is 0.294 e. The SMILES string of the molecule is CN(C)c1ccc(NC(=O)c2ccc(-c3ccc(C(=O)Nc4ccc(N(C)C)c([N+](=O)[O-])c4)cc3)c(S(C)(=O)=O)c2)cc1. The molecule has 0 aliphatic carbocycles. The van der Waals surface area contributed by atoms with Crippen LogP contribution in [0.15, 0.2) is 89.8 Å². The molecule has 12 heteroatoms. The predicted octanol–water partition coefficient (Wildman–Crippen LogP) is 5.30. The summed E-state index contributed by atoms with van der Waals surface area (Å²) < 4.78 is 25.5. The van der Waals surface area contributed by atoms with Gasteiger partial charge < -0.3 is 20.4 Å². The van der Waals surface area contributed by atoms with E-state index in [1.807, 2.05) is 31.1 Å². The number of carbonyl (C=O) groups is 2. The molecule has 0 spiro atoms. The number of carbonyl (C=O) groups excluding carboxylic acids is 2. The zero-order chi connectivity index (χ0) is 31.5. The largest absolute Gasteiger partial charge is 0.378 e. The summed E-state index contributed by atoms with van der Waals surface area (Å²) in [5, 5.41) is 16.9. The first-order valence-corrected chi connectivity index (χ1v) is 14.9. The van der Waals surface area contributed by atoms with Crippen LogP contribution < -0.4 is 20.4 Å². The molecule has 0 atom stereocenters. The van der Waals surface area contributed by atoms with Crippen molar-refractivity contribution in [1.82, 2.24) is 0 Å². The van der Waals surface area contributed by atoms with Gasteiger partial charge in [-0.2, -0.15) is 0 Å². The molecule has 0 fully saturated rings. The second-order valence-electron chi connectivity index (χ2n) is 10.3. The van der Waals surface area contributed by atoms with Crippen LogP contribution >= 0.6 is 0 Å². The van der Waals surface area contributed by atoms with Crippen LogP contribution in [0.1, 0.15) is 20.7 Å². The second-order valence-corrected chi connectivity index (χ2v) is 12.2. The van der Waals surface area contributed by atoms with Gasteiger partial charge in [-0.25, -0.2) is 8.42 Å². The molecule has 0 unspecified atom stereocenters. The van der Waals surface area contributed by atoms with Crippen molar-refractivity contribution in [2.75, 3.05) is 54.9 Å². The molecule has 0 aromatic heterocycles. The summed E-state index contributed by atoms with van der Waals surface area (Å²) in [5.74, 6) is -0.952. The molecule has 2 amide bonds. The number of hydrogen-bond acceptors (Lipinski definition) is 8. The Kier molecular flexibility index (Phi) is 8.81. The van der Waals surface area contributed by atoms with Crippen LogP contribution in [0.3, 0.4) is 0 Å². The summed E-state index contributed by atoms with van der Waals surface area (Å²) >= 11 is 0. The van der Waals surface area contributed by atoms with Crippen LogP contribution in [0, 0.1) is 10.1 Å². The third-order valence-electron chi connectivity index (χ3n) is 6.65. The van der Waals surface area contributed by atoms with Crippen molar-refractivity contribution < 1.29 is 22.9 Å². The minimum absolute atomic E-state index is 0.0337. The maximum absolute atomic E-state index is 12.9. The molecule has 2 N–H and O–H groups in total. The monoisotopic (exact) mass is 601 g/mol. The van der Waals surface area contributed by atoms with Crippen LogP contribution in [0.2, 0.25) is 0 Å². The first-order chi connectivity index (χ1) is 20.2. The van der Waals surface area contributed by atoms with Crippen molar-refractivity contribution in [2.45, 2.75) is 4.90 Å². The van der Waals surface area contributed by atoms with Crippen LogP contribution in [0.25, 0.3) is 11.1 Å². The maximum atomic E-state index is 12.9. The molecule has 11 nitrogen and oxygen atoms in total. The van der Waals surface area contributed by atoms with E-state index in [1.165, 1.54) is 24.3 Å². The summed E-state index contributed by atoms with van der Waals surface area (Å²) in [6, 6.07) is 22.3. The highest BCUT2D eigenvalue weighted by atomic mass is 32.2. The number of nitrogens with one attached hydrogen (secondary N) is 2. The molecule has 0 bridgehead atoms. The molecule has 0 aliphatic heterocycles. The molecule has 4 aromatic carbocycles. The Hall–Kier alpha value is -5.23. The highest BCUT2D eigenvalue weighted by Crippen LogP contribution is 2.31. The number of nitro benzene ring substituents is 1. The normalized spacial score (nSPS) is 11.0. The Morgan fingerprint density at radius 3 is 1.84 bits per heavy atom. The molecule has 4 rings (SSSR count). The molecule has 0 radical (unpaired) electrons. The minimum Gasteiger partial charge on any atom is -0.378 e. The van der Waals surface area contributed by atoms with Gasteiger partial charge in [0.15, 0.2) is 9.84 Å². The molecule has 4 aromatic rings. The van der Waals surface area contributed by atoms with Gasteiger partial charge in [-0.05, 0) is 66.2 Å². The van der Waals surface area contributed by atoms with Gasteiger partial charge >= 0.3 is 0 Å². The van der Waals surface area contributed by atoms with Gasteiger partial charge in [0.05, 0.1) is 9.82 Å². The second kappa shape index (κ2) is 12.3. The van der Waals surface area contributed by atoms with Crippen molar-refractivity contribution in [2.24, 2.45) is 0 Å². The zero-order valence-electron chi connectivity index (χ0n) is 24.3. The lowest BCUT2D eigenvalue weighted by Crippen LogP contribution is -2.14. The van der Waals surface area contributed by atoms with E-state index in [0.717, 1.165) is 11.9 Å². The third kappa shape index (κ3) is 7.16. The molecular weight excluding hydrogens is 570 g/mol. The van der Waals surface area contributed by atoms with Gasteiger partial charge in [0, 0.05) is 74.3 Å². The van der Waals surface area contributed by atoms with E-state index < -0.39 is 26.6 Å². The van der Waals surface area contributed by atoms with Crippen LogP contribution in [-0.2, 0) is 9.84 Å². The number of benzene rings is 4. The molecule has 43 heavy (non-hydrogen) atoms. The van der Waals surface area contributed by atoms with E-state index in [9.17, 15) is 28.1 Å². The molecule has 222 valence electrons. The van der Waals surface area contributed by atoms with E-state index in [-0.39, 0.29) is 27.4 Å². The quantitative estimate of drug-likeness (QED) is 0.194. The van der Waals surface area contributed by atoms with Gasteiger partial charge in [0.2, 0.25) is 0 Å². The van der Waals surface area contributed by atoms with Crippen molar-refractivity contribution in [3.05, 3.63) is 106 Å². The van der Waals surface area contributed by atoms with Crippen molar-refractivity contribution in [1.29, 1.82) is 0 Å². The van der Waals surface area contributed by atoms with Gasteiger partial charge in [-0.15, -0.1) is 0 Å². The van der Waals surface area contributed by atoms with Crippen LogP contribution in [0.4, 0.5) is 28.4 Å². The lowest BCUT2D eigenvalue weighted by atomic mass is 10.0. The highest BCUT2D eigenvalue weighted by molar-refractivity contribution is 7.90. The number of sulfone groups is 1. The molecule has 0 saturated heterocycles. The van der Waals surface area contributed by atoms with E-state index in [4.69, 9.17) is 0 Å². The summed E-state index contributed by atoms with van der Waals surface area (Å²) in [4.78, 5) is 40.3. The third-order valence-corrected chi connectivity index (χ3v) is 7.79. The van der Waals surface area contributed by atoms with E-state index in [2.05, 4.69) is 10.6 Å². The standard InChI is InChI=1S/C31H31N5O6S/c1-34(2)25-14-11-23(12-15-25)32-31(38)22-10-16-26(29(18-22)43(5,41)42)20-6-8-21(9-7-20)30(37)33-24-13-17-27(35(3)4)28(19-24)36(39)40/h6-19H,1-5H3,(H,32,38)(H,33,37). The highest BCUT2D eigenvalue weighted by Gasteiger charge is 2.20. The Labute approximate surface area is 249 Å². The summed E-state index contributed by atoms with van der Waals surface area (Å²) in [7, 11) is 3.45. The van der Waals surface area contributed by atoms with Gasteiger partial charge in [0.1, 0.15) is 5.69 Å². The Morgan fingerprint density at radius 2 is 1.28 bits per heavy atom. The predicted molar refractivity (Wildman–Crippen MR) is 169 cm³/mol. The van der Waals surface area contributed by atoms with Gasteiger partial charge in [0.25, 0.3) is 17.5 Å². The summed E-state index contributed by atoms with van der Waals surface area (Å²) in [6.45, 7) is 0. The summed E-state index contributed by atoms with van der Waals surface area (Å²) in [5.41, 5.74) is 3.37. The van der Waals surface area contributed by atoms with Gasteiger partial charge in [-0.1, -0.05) is 18.2 Å². The molecule has 0 saturated carbocycles. The van der Waals surface area contributed by atoms with Crippen molar-refractivity contribution in [3.8, 4) is 11.1 Å². The zero-order valence-corrected chi connectivity index (χ0v) is 25.1. The molecule has 0 heterocycles. The first-order valence-electron chi connectivity index (χ1n) is 13.0. The Bertz CT molecular complexity index is 1800. The number of amides is 2. The molecular formula is C31H31N5O6S. The lowest BCUT2D eigenvalue weighted by molar-refractivity contribution is -0.384. The lowest BCUT2D eigenvalue weighted by Gasteiger charge is -2.14. The Morgan fingerprint density at radius 1 is 0.721 bits per heavy atom. The van der Waals surface area contributed by atoms with E-state index in [0.29, 0.717) is 22.5 Å². The number of hydrogen-bond donors (Lipinski definition) is 2. The van der Waals surface area contributed by atoms with E-state index in [1.54, 1.807) is 67.5 Å². The fraction of sp³-hybridized carbons (Fsp3) is 0.161. The molecule has 0 aliphatic rings. The van der Waals surface area contributed by atoms with Crippen molar-refractivity contribution >= 4 is 50.1 Å². The van der Waals surface area contributed by atoms with Crippen molar-refractivity contribution in [3.63, 3.8) is 0 Å². The number of nitrogens with zero attached hydrogens (tertiary/aromatic N) is 3. The topological polar surface area (TPSA) is 142 Å². The van der Waals surface area contributed by atoms with Crippen LogP contribution in [-0.4, -0.2) is 59.6 Å². The van der Waals surface area contributed by atoms with Gasteiger partial charge in [-0.3, -0.25) is 19.7 Å². The van der Waals surface area contributed by atoms with E-state index >= 15 is 0 Å². The Balaban J connectivity index is 1.56. The fourth-order valence-corrected chi connectivity index (χ4v) is 5.31. The number of anilines is 4. The summed E-state index contributed by atoms with van der Waals surface area (Å²) in [6.07, 6.45) is 1.07. The number of nitro groups is 1. The fourth-order valence-electron chi connectivity index (χ4n) is 4.39.